The number of thiocarbonyl (C=S) groups is 1. The molecular weight excluding hydrogens is 418 g/mol. The number of halogens is 1. The van der Waals surface area contributed by atoms with Crippen molar-refractivity contribution in [2.45, 2.75) is 25.4 Å². The normalized spacial score (nSPS) is 18.6. The van der Waals surface area contributed by atoms with Crippen molar-refractivity contribution in [2.24, 2.45) is 0 Å². The highest BCUT2D eigenvalue weighted by Gasteiger charge is 2.41. The Labute approximate surface area is 187 Å². The summed E-state index contributed by atoms with van der Waals surface area (Å²) in [5, 5.41) is 4.82. The molecule has 0 spiro atoms. The topological polar surface area (TPSA) is 50.5 Å². The molecule has 1 N–H and O–H groups in total. The first-order valence-corrected chi connectivity index (χ1v) is 10.7. The lowest BCUT2D eigenvalue weighted by Gasteiger charge is -2.26. The van der Waals surface area contributed by atoms with E-state index in [0.717, 1.165) is 41.3 Å². The molecule has 4 rings (SSSR count). The van der Waals surface area contributed by atoms with Crippen LogP contribution in [0.15, 0.2) is 59.1 Å². The van der Waals surface area contributed by atoms with Gasteiger partial charge in [0.1, 0.15) is 17.6 Å². The standard InChI is InChI=1S/C23H24ClN3O2S/c1-15-7-8-16(24)14-17(15)19-9-10-20(29-19)22-21(18-6-3-4-11-25-18)26-23(30)27(22)12-5-13-28-2/h3-4,6-11,14,21-22H,5,12-13H2,1-2H3,(H,26,30)/t21-,22-/m0/s1. The van der Waals surface area contributed by atoms with Crippen molar-refractivity contribution in [2.75, 3.05) is 20.3 Å². The van der Waals surface area contributed by atoms with Gasteiger partial charge in [0, 0.05) is 37.0 Å². The minimum absolute atomic E-state index is 0.0966. The Hall–Kier alpha value is -2.41. The Morgan fingerprint density at radius 1 is 1.23 bits per heavy atom. The van der Waals surface area contributed by atoms with E-state index in [2.05, 4.69) is 15.2 Å². The zero-order chi connectivity index (χ0) is 21.1. The van der Waals surface area contributed by atoms with Gasteiger partial charge in [0.25, 0.3) is 0 Å². The van der Waals surface area contributed by atoms with Gasteiger partial charge in [0.05, 0.1) is 11.7 Å². The zero-order valence-corrected chi connectivity index (χ0v) is 18.5. The van der Waals surface area contributed by atoms with Gasteiger partial charge in [0.15, 0.2) is 5.11 Å². The molecular formula is C23H24ClN3O2S. The third-order valence-corrected chi connectivity index (χ3v) is 5.92. The van der Waals surface area contributed by atoms with Gasteiger partial charge in [0.2, 0.25) is 0 Å². The number of hydrogen-bond acceptors (Lipinski definition) is 4. The molecule has 30 heavy (non-hydrogen) atoms. The molecule has 1 saturated heterocycles. The van der Waals surface area contributed by atoms with E-state index >= 15 is 0 Å². The van der Waals surface area contributed by atoms with Crippen molar-refractivity contribution >= 4 is 28.9 Å². The van der Waals surface area contributed by atoms with E-state index in [4.69, 9.17) is 33.0 Å². The summed E-state index contributed by atoms with van der Waals surface area (Å²) in [7, 11) is 1.71. The second kappa shape index (κ2) is 9.16. The molecule has 2 atom stereocenters. The quantitative estimate of drug-likeness (QED) is 0.396. The first-order chi connectivity index (χ1) is 14.6. The summed E-state index contributed by atoms with van der Waals surface area (Å²) in [6, 6.07) is 15.6. The minimum atomic E-state index is -0.0995. The maximum atomic E-state index is 6.37. The molecule has 0 amide bonds. The highest BCUT2D eigenvalue weighted by molar-refractivity contribution is 7.80. The summed E-state index contributed by atoms with van der Waals surface area (Å²) in [6.07, 6.45) is 2.67. The number of pyridine rings is 1. The maximum Gasteiger partial charge on any atom is 0.170 e. The van der Waals surface area contributed by atoms with Crippen LogP contribution in [0, 0.1) is 6.92 Å². The average molecular weight is 442 g/mol. The third-order valence-electron chi connectivity index (χ3n) is 5.33. The average Bonchev–Trinajstić information content (AvgIpc) is 3.35. The van der Waals surface area contributed by atoms with Crippen LogP contribution in [0.4, 0.5) is 0 Å². The highest BCUT2D eigenvalue weighted by atomic mass is 35.5. The van der Waals surface area contributed by atoms with Crippen molar-refractivity contribution in [1.82, 2.24) is 15.2 Å². The molecule has 1 aliphatic heterocycles. The van der Waals surface area contributed by atoms with Gasteiger partial charge in [-0.25, -0.2) is 0 Å². The molecule has 5 nitrogen and oxygen atoms in total. The van der Waals surface area contributed by atoms with Crippen molar-refractivity contribution in [3.8, 4) is 11.3 Å². The van der Waals surface area contributed by atoms with Gasteiger partial charge in [-0.05, 0) is 67.5 Å². The molecule has 0 saturated carbocycles. The van der Waals surface area contributed by atoms with Crippen LogP contribution in [0.3, 0.4) is 0 Å². The molecule has 3 aromatic rings. The number of nitrogens with one attached hydrogen (secondary N) is 1. The predicted molar refractivity (Wildman–Crippen MR) is 123 cm³/mol. The van der Waals surface area contributed by atoms with E-state index in [-0.39, 0.29) is 12.1 Å². The third kappa shape index (κ3) is 4.21. The predicted octanol–water partition coefficient (Wildman–Crippen LogP) is 5.31. The van der Waals surface area contributed by atoms with Gasteiger partial charge in [-0.3, -0.25) is 4.98 Å². The number of rotatable bonds is 7. The van der Waals surface area contributed by atoms with E-state index in [1.165, 1.54) is 0 Å². The maximum absolute atomic E-state index is 6.37. The molecule has 1 aliphatic rings. The molecule has 3 heterocycles. The second-order valence-electron chi connectivity index (χ2n) is 7.33. The monoisotopic (exact) mass is 441 g/mol. The smallest absolute Gasteiger partial charge is 0.170 e. The Bertz CT molecular complexity index is 1020. The first-order valence-electron chi connectivity index (χ1n) is 9.91. The van der Waals surface area contributed by atoms with Crippen LogP contribution >= 0.6 is 23.8 Å². The lowest BCUT2D eigenvalue weighted by molar-refractivity contribution is 0.177. The molecule has 1 aromatic carbocycles. The molecule has 156 valence electrons. The van der Waals surface area contributed by atoms with Crippen LogP contribution in [-0.2, 0) is 4.74 Å². The Morgan fingerprint density at radius 2 is 2.10 bits per heavy atom. The van der Waals surface area contributed by atoms with Crippen molar-refractivity contribution < 1.29 is 9.15 Å². The molecule has 2 aromatic heterocycles. The zero-order valence-electron chi connectivity index (χ0n) is 17.0. The summed E-state index contributed by atoms with van der Waals surface area (Å²) in [6.45, 7) is 3.49. The fourth-order valence-corrected chi connectivity index (χ4v) is 4.35. The fraction of sp³-hybridized carbons (Fsp3) is 0.304. The number of furan rings is 1. The molecule has 7 heteroatoms. The molecule has 1 fully saturated rings. The largest absolute Gasteiger partial charge is 0.459 e. The van der Waals surface area contributed by atoms with Crippen LogP contribution in [0.2, 0.25) is 5.02 Å². The molecule has 0 bridgehead atoms. The van der Waals surface area contributed by atoms with Crippen molar-refractivity contribution in [3.05, 3.63) is 76.8 Å². The van der Waals surface area contributed by atoms with Gasteiger partial charge >= 0.3 is 0 Å². The molecule has 0 radical (unpaired) electrons. The van der Waals surface area contributed by atoms with Crippen molar-refractivity contribution in [3.63, 3.8) is 0 Å². The molecule has 0 aliphatic carbocycles. The number of benzene rings is 1. The van der Waals surface area contributed by atoms with Gasteiger partial charge in [-0.2, -0.15) is 0 Å². The number of aryl methyl sites for hydroxylation is 1. The van der Waals surface area contributed by atoms with Gasteiger partial charge in [-0.1, -0.05) is 23.7 Å². The summed E-state index contributed by atoms with van der Waals surface area (Å²) in [4.78, 5) is 6.73. The number of hydrogen-bond donors (Lipinski definition) is 1. The van der Waals surface area contributed by atoms with E-state index < -0.39 is 0 Å². The van der Waals surface area contributed by atoms with Gasteiger partial charge < -0.3 is 19.4 Å². The summed E-state index contributed by atoms with van der Waals surface area (Å²) < 4.78 is 11.6. The lowest BCUT2D eigenvalue weighted by Crippen LogP contribution is -2.31. The van der Waals surface area contributed by atoms with Crippen molar-refractivity contribution in [1.29, 1.82) is 0 Å². The van der Waals surface area contributed by atoms with Crippen LogP contribution < -0.4 is 5.32 Å². The number of nitrogens with zero attached hydrogens (tertiary/aromatic N) is 2. The number of methoxy groups -OCH3 is 1. The second-order valence-corrected chi connectivity index (χ2v) is 8.15. The van der Waals surface area contributed by atoms with Gasteiger partial charge in [-0.15, -0.1) is 0 Å². The highest BCUT2D eigenvalue weighted by Crippen LogP contribution is 2.41. The van der Waals surface area contributed by atoms with Crippen LogP contribution in [-0.4, -0.2) is 35.3 Å². The Morgan fingerprint density at radius 3 is 2.87 bits per heavy atom. The number of aromatic nitrogens is 1. The summed E-state index contributed by atoms with van der Waals surface area (Å²) in [5.74, 6) is 1.63. The van der Waals surface area contributed by atoms with E-state index in [1.54, 1.807) is 13.3 Å². The Kier molecular flexibility index (Phi) is 6.37. The summed E-state index contributed by atoms with van der Waals surface area (Å²) >= 11 is 11.9. The molecule has 0 unspecified atom stereocenters. The lowest BCUT2D eigenvalue weighted by atomic mass is 10.0. The van der Waals surface area contributed by atoms with E-state index in [9.17, 15) is 0 Å². The number of ether oxygens (including phenoxy) is 1. The van der Waals surface area contributed by atoms with Crippen LogP contribution in [0.5, 0.6) is 0 Å². The minimum Gasteiger partial charge on any atom is -0.459 e. The SMILES string of the molecule is COCCCN1C(=S)N[C@@H](c2ccccn2)[C@@H]1c1ccc(-c2cc(Cl)ccc2C)o1. The van der Waals surface area contributed by atoms with E-state index in [0.29, 0.717) is 16.7 Å². The van der Waals surface area contributed by atoms with Crippen LogP contribution in [0.25, 0.3) is 11.3 Å². The Balaban J connectivity index is 1.71. The fourth-order valence-electron chi connectivity index (χ4n) is 3.85. The van der Waals surface area contributed by atoms with E-state index in [1.807, 2.05) is 55.5 Å². The first kappa shape index (κ1) is 20.8. The summed E-state index contributed by atoms with van der Waals surface area (Å²) in [5.41, 5.74) is 3.03. The van der Waals surface area contributed by atoms with Crippen LogP contribution in [0.1, 0.15) is 35.5 Å².